The summed E-state index contributed by atoms with van der Waals surface area (Å²) in [6, 6.07) is 18.0. The molecule has 3 aromatic rings. The van der Waals surface area contributed by atoms with E-state index in [2.05, 4.69) is 20.3 Å². The van der Waals surface area contributed by atoms with Crippen LogP contribution in [0.15, 0.2) is 71.8 Å². The summed E-state index contributed by atoms with van der Waals surface area (Å²) in [6.45, 7) is 4.10. The maximum Gasteiger partial charge on any atom is 0.274 e. The highest BCUT2D eigenvalue weighted by Crippen LogP contribution is 2.23. The van der Waals surface area contributed by atoms with Crippen molar-refractivity contribution in [1.29, 1.82) is 0 Å². The Morgan fingerprint density at radius 1 is 1.03 bits per heavy atom. The number of hydrogen-bond acceptors (Lipinski definition) is 5. The number of nitrogens with zero attached hydrogens (tertiary/aromatic N) is 3. The van der Waals surface area contributed by atoms with Gasteiger partial charge in [-0.3, -0.25) is 9.69 Å². The molecule has 1 fully saturated rings. The molecule has 4 rings (SSSR count). The first-order valence-corrected chi connectivity index (χ1v) is 11.0. The minimum atomic E-state index is -0.609. The summed E-state index contributed by atoms with van der Waals surface area (Å²) in [5, 5.41) is 3.97. The SMILES string of the molecule is COc1ccc(C=NNC(=O)c2ccccc2F)cc1CN1CCN(c2ccc(F)cc2)CC1. The number of amides is 1. The minimum Gasteiger partial charge on any atom is -0.496 e. The van der Waals surface area contributed by atoms with Crippen molar-refractivity contribution in [3.05, 3.63) is 95.1 Å². The number of benzene rings is 3. The highest BCUT2D eigenvalue weighted by atomic mass is 19.1. The largest absolute Gasteiger partial charge is 0.496 e. The zero-order valence-electron chi connectivity index (χ0n) is 18.9. The van der Waals surface area contributed by atoms with Crippen molar-refractivity contribution in [3.63, 3.8) is 0 Å². The Morgan fingerprint density at radius 3 is 2.47 bits per heavy atom. The summed E-state index contributed by atoms with van der Waals surface area (Å²) in [4.78, 5) is 16.7. The molecule has 0 aromatic heterocycles. The van der Waals surface area contributed by atoms with Crippen molar-refractivity contribution in [1.82, 2.24) is 10.3 Å². The van der Waals surface area contributed by atoms with Crippen molar-refractivity contribution in [2.24, 2.45) is 5.10 Å². The normalized spacial score (nSPS) is 14.4. The van der Waals surface area contributed by atoms with Gasteiger partial charge >= 0.3 is 0 Å². The van der Waals surface area contributed by atoms with Gasteiger partial charge in [-0.05, 0) is 60.2 Å². The van der Waals surface area contributed by atoms with Crippen molar-refractivity contribution >= 4 is 17.8 Å². The Balaban J connectivity index is 1.37. The lowest BCUT2D eigenvalue weighted by molar-refractivity contribution is 0.0951. The fraction of sp³-hybridized carbons (Fsp3) is 0.231. The predicted molar refractivity (Wildman–Crippen MR) is 128 cm³/mol. The van der Waals surface area contributed by atoms with Crippen LogP contribution in [0, 0.1) is 11.6 Å². The number of ether oxygens (including phenoxy) is 1. The molecule has 1 aliphatic rings. The lowest BCUT2D eigenvalue weighted by Crippen LogP contribution is -2.46. The lowest BCUT2D eigenvalue weighted by atomic mass is 10.1. The number of halogens is 2. The van der Waals surface area contributed by atoms with E-state index < -0.39 is 11.7 Å². The molecular formula is C26H26F2N4O2. The molecule has 0 atom stereocenters. The first-order chi connectivity index (χ1) is 16.5. The van der Waals surface area contributed by atoms with Gasteiger partial charge in [-0.25, -0.2) is 14.2 Å². The summed E-state index contributed by atoms with van der Waals surface area (Å²) < 4.78 is 32.5. The summed E-state index contributed by atoms with van der Waals surface area (Å²) in [6.07, 6.45) is 1.52. The molecule has 1 heterocycles. The molecule has 6 nitrogen and oxygen atoms in total. The van der Waals surface area contributed by atoms with Crippen LogP contribution < -0.4 is 15.1 Å². The number of nitrogens with one attached hydrogen (secondary N) is 1. The smallest absolute Gasteiger partial charge is 0.274 e. The van der Waals surface area contributed by atoms with Gasteiger partial charge in [0.25, 0.3) is 5.91 Å². The van der Waals surface area contributed by atoms with Crippen LogP contribution in [0.25, 0.3) is 0 Å². The van der Waals surface area contributed by atoms with Gasteiger partial charge in [0.2, 0.25) is 0 Å². The highest BCUT2D eigenvalue weighted by molar-refractivity contribution is 5.95. The Kier molecular flexibility index (Phi) is 7.49. The number of piperazine rings is 1. The zero-order valence-corrected chi connectivity index (χ0v) is 18.9. The Labute approximate surface area is 197 Å². The molecule has 0 aliphatic carbocycles. The molecule has 1 aliphatic heterocycles. The van der Waals surface area contributed by atoms with E-state index in [0.29, 0.717) is 6.54 Å². The number of rotatable bonds is 7. The maximum atomic E-state index is 13.7. The van der Waals surface area contributed by atoms with E-state index in [1.54, 1.807) is 13.2 Å². The number of carbonyl (C=O) groups excluding carboxylic acids is 1. The van der Waals surface area contributed by atoms with E-state index >= 15 is 0 Å². The molecule has 0 spiro atoms. The molecule has 0 saturated carbocycles. The van der Waals surface area contributed by atoms with Gasteiger partial charge < -0.3 is 9.64 Å². The van der Waals surface area contributed by atoms with E-state index in [4.69, 9.17) is 4.74 Å². The predicted octanol–water partition coefficient (Wildman–Crippen LogP) is 4.06. The monoisotopic (exact) mass is 464 g/mol. The number of hydrogen-bond donors (Lipinski definition) is 1. The Hall–Kier alpha value is -3.78. The topological polar surface area (TPSA) is 57.2 Å². The van der Waals surface area contributed by atoms with Gasteiger partial charge in [-0.2, -0.15) is 5.10 Å². The average molecular weight is 465 g/mol. The molecule has 1 saturated heterocycles. The number of anilines is 1. The third-order valence-corrected chi connectivity index (χ3v) is 5.76. The number of carbonyl (C=O) groups is 1. The van der Waals surface area contributed by atoms with Gasteiger partial charge in [0.1, 0.15) is 17.4 Å². The van der Waals surface area contributed by atoms with Gasteiger partial charge in [-0.15, -0.1) is 0 Å². The van der Waals surface area contributed by atoms with Crippen LogP contribution in [-0.4, -0.2) is 50.3 Å². The van der Waals surface area contributed by atoms with Crippen LogP contribution in [-0.2, 0) is 6.54 Å². The van der Waals surface area contributed by atoms with Crippen LogP contribution >= 0.6 is 0 Å². The molecular weight excluding hydrogens is 438 g/mol. The quantitative estimate of drug-likeness (QED) is 0.423. The van der Waals surface area contributed by atoms with Crippen molar-refractivity contribution in [2.45, 2.75) is 6.54 Å². The first-order valence-electron chi connectivity index (χ1n) is 11.0. The van der Waals surface area contributed by atoms with E-state index in [-0.39, 0.29) is 11.4 Å². The molecule has 0 bridgehead atoms. The second-order valence-electron chi connectivity index (χ2n) is 7.99. The summed E-state index contributed by atoms with van der Waals surface area (Å²) in [5.41, 5.74) is 5.11. The molecule has 0 radical (unpaired) electrons. The Bertz CT molecular complexity index is 1160. The van der Waals surface area contributed by atoms with E-state index in [0.717, 1.165) is 48.7 Å². The maximum absolute atomic E-state index is 13.7. The summed E-state index contributed by atoms with van der Waals surface area (Å²) in [5.74, 6) is -0.665. The Morgan fingerprint density at radius 2 is 1.76 bits per heavy atom. The van der Waals surface area contributed by atoms with Crippen LogP contribution in [0.1, 0.15) is 21.5 Å². The zero-order chi connectivity index (χ0) is 23.9. The van der Waals surface area contributed by atoms with Crippen LogP contribution in [0.2, 0.25) is 0 Å². The third-order valence-electron chi connectivity index (χ3n) is 5.76. The van der Waals surface area contributed by atoms with Crippen LogP contribution in [0.4, 0.5) is 14.5 Å². The third kappa shape index (κ3) is 5.77. The second-order valence-corrected chi connectivity index (χ2v) is 7.99. The van der Waals surface area contributed by atoms with E-state index in [1.807, 2.05) is 30.3 Å². The molecule has 176 valence electrons. The first kappa shape index (κ1) is 23.4. The highest BCUT2D eigenvalue weighted by Gasteiger charge is 2.19. The van der Waals surface area contributed by atoms with Gasteiger partial charge in [-0.1, -0.05) is 12.1 Å². The number of hydrazone groups is 1. The van der Waals surface area contributed by atoms with E-state index in [9.17, 15) is 13.6 Å². The molecule has 34 heavy (non-hydrogen) atoms. The standard InChI is InChI=1S/C26H26F2N4O2/c1-34-25-11-6-19(17-29-30-26(33)23-4-2-3-5-24(23)28)16-20(25)18-31-12-14-32(15-13-31)22-9-7-21(27)8-10-22/h2-11,16-17H,12-15,18H2,1H3,(H,30,33). The van der Waals surface area contributed by atoms with Gasteiger partial charge in [0, 0.05) is 44.0 Å². The van der Waals surface area contributed by atoms with Crippen LogP contribution in [0.3, 0.4) is 0 Å². The molecule has 0 unspecified atom stereocenters. The van der Waals surface area contributed by atoms with E-state index in [1.165, 1.54) is 36.5 Å². The lowest BCUT2D eigenvalue weighted by Gasteiger charge is -2.36. The molecule has 1 N–H and O–H groups in total. The van der Waals surface area contributed by atoms with Crippen molar-refractivity contribution in [3.8, 4) is 5.75 Å². The van der Waals surface area contributed by atoms with Crippen molar-refractivity contribution < 1.29 is 18.3 Å². The number of methoxy groups -OCH3 is 1. The molecule has 3 aromatic carbocycles. The fourth-order valence-electron chi connectivity index (χ4n) is 3.93. The van der Waals surface area contributed by atoms with Crippen LogP contribution in [0.5, 0.6) is 5.75 Å². The molecule has 8 heteroatoms. The second kappa shape index (κ2) is 10.9. The minimum absolute atomic E-state index is 0.0603. The molecule has 1 amide bonds. The fourth-order valence-corrected chi connectivity index (χ4v) is 3.93. The summed E-state index contributed by atoms with van der Waals surface area (Å²) >= 11 is 0. The van der Waals surface area contributed by atoms with Gasteiger partial charge in [0.05, 0.1) is 18.9 Å². The van der Waals surface area contributed by atoms with Crippen molar-refractivity contribution in [2.75, 3.05) is 38.2 Å². The van der Waals surface area contributed by atoms with Gasteiger partial charge in [0.15, 0.2) is 0 Å². The average Bonchev–Trinajstić information content (AvgIpc) is 2.85. The summed E-state index contributed by atoms with van der Waals surface area (Å²) in [7, 11) is 1.63.